The van der Waals surface area contributed by atoms with E-state index in [0.717, 1.165) is 57.2 Å². The molecule has 0 spiro atoms. The van der Waals surface area contributed by atoms with E-state index in [1.807, 2.05) is 17.0 Å². The van der Waals surface area contributed by atoms with Crippen LogP contribution in [-0.2, 0) is 4.79 Å². The fourth-order valence-corrected chi connectivity index (χ4v) is 5.34. The topological polar surface area (TPSA) is 78.5 Å². The van der Waals surface area contributed by atoms with Gasteiger partial charge in [-0.1, -0.05) is 36.4 Å². The Morgan fingerprint density at radius 2 is 1.58 bits per heavy atom. The normalized spacial score (nSPS) is 25.0. The van der Waals surface area contributed by atoms with Crippen LogP contribution in [0.4, 0.5) is 5.69 Å². The van der Waals surface area contributed by atoms with E-state index in [0.29, 0.717) is 22.3 Å². The van der Waals surface area contributed by atoms with Crippen molar-refractivity contribution in [1.29, 1.82) is 0 Å². The fourth-order valence-electron chi connectivity index (χ4n) is 5.34. The highest BCUT2D eigenvalue weighted by atomic mass is 16.1. The summed E-state index contributed by atoms with van der Waals surface area (Å²) >= 11 is 0. The van der Waals surface area contributed by atoms with Gasteiger partial charge in [0, 0.05) is 34.5 Å². The quantitative estimate of drug-likeness (QED) is 0.623. The molecule has 1 atom stereocenters. The molecule has 0 bridgehead atoms. The van der Waals surface area contributed by atoms with Crippen LogP contribution in [0.25, 0.3) is 0 Å². The first-order valence-corrected chi connectivity index (χ1v) is 11.2. The van der Waals surface area contributed by atoms with E-state index in [9.17, 15) is 14.4 Å². The van der Waals surface area contributed by atoms with Crippen molar-refractivity contribution in [2.45, 2.75) is 56.8 Å². The van der Waals surface area contributed by atoms with Gasteiger partial charge in [0.15, 0.2) is 11.6 Å². The largest absolute Gasteiger partial charge is 0.382 e. The fraction of sp³-hybridized carbons (Fsp3) is 0.400. The number of carbonyl (C=O) groups excluding carboxylic acids is 3. The Bertz CT molecular complexity index is 1020. The molecule has 1 amide bonds. The van der Waals surface area contributed by atoms with Gasteiger partial charge in [0.1, 0.15) is 0 Å². The summed E-state index contributed by atoms with van der Waals surface area (Å²) < 4.78 is 0. The molecule has 6 nitrogen and oxygen atoms in total. The molecular formula is C25H27N3O3. The minimum Gasteiger partial charge on any atom is -0.382 e. The second kappa shape index (κ2) is 8.27. The number of nitrogens with one attached hydrogen (secondary N) is 2. The molecule has 1 saturated carbocycles. The molecule has 31 heavy (non-hydrogen) atoms. The summed E-state index contributed by atoms with van der Waals surface area (Å²) in [6, 6.07) is 13.0. The average Bonchev–Trinajstić information content (AvgIpc) is 3.33. The Morgan fingerprint density at radius 1 is 0.871 bits per heavy atom. The molecule has 2 fully saturated rings. The van der Waals surface area contributed by atoms with Crippen LogP contribution in [0, 0.1) is 0 Å². The maximum Gasteiger partial charge on any atom is 0.211 e. The maximum atomic E-state index is 13.2. The molecule has 1 heterocycles. The lowest BCUT2D eigenvalue weighted by Gasteiger charge is -2.38. The summed E-state index contributed by atoms with van der Waals surface area (Å²) in [5.41, 5.74) is 2.65. The van der Waals surface area contributed by atoms with Crippen LogP contribution in [0.1, 0.15) is 70.4 Å². The molecule has 2 N–H and O–H groups in total. The summed E-state index contributed by atoms with van der Waals surface area (Å²) in [5, 5.41) is 6.96. The molecule has 5 rings (SSSR count). The summed E-state index contributed by atoms with van der Waals surface area (Å²) in [6.45, 7) is 0.973. The zero-order valence-corrected chi connectivity index (χ0v) is 17.5. The van der Waals surface area contributed by atoms with E-state index >= 15 is 0 Å². The van der Waals surface area contributed by atoms with Gasteiger partial charge in [0.25, 0.3) is 0 Å². The molecule has 0 unspecified atom stereocenters. The third-order valence-corrected chi connectivity index (χ3v) is 6.95. The highest BCUT2D eigenvalue weighted by Gasteiger charge is 2.34. The Hall–Kier alpha value is -2.99. The van der Waals surface area contributed by atoms with Crippen molar-refractivity contribution < 1.29 is 14.4 Å². The molecule has 0 radical (unpaired) electrons. The first kappa shape index (κ1) is 19.9. The molecule has 2 aromatic rings. The van der Waals surface area contributed by atoms with E-state index in [1.54, 1.807) is 30.3 Å². The molecule has 3 aliphatic rings. The monoisotopic (exact) mass is 417 g/mol. The average molecular weight is 418 g/mol. The highest BCUT2D eigenvalue weighted by Crippen LogP contribution is 2.34. The third kappa shape index (κ3) is 3.55. The summed E-state index contributed by atoms with van der Waals surface area (Å²) in [5.74, 6) is -0.190. The Kier molecular flexibility index (Phi) is 5.32. The minimum atomic E-state index is -0.0959. The standard InChI is InChI=1S/C25H27N3O3/c29-15-28(22-9-4-14-26-22)17-12-10-16(11-13-17)27-21-8-3-7-20-23(21)25(31)19-6-2-1-5-18(19)24(20)30/h1-3,5-8,15-17,22,26-27H,4,9-14H2/t16?,17?,22-/m0/s1. The van der Waals surface area contributed by atoms with Gasteiger partial charge in [-0.05, 0) is 51.1 Å². The number of benzene rings is 2. The highest BCUT2D eigenvalue weighted by molar-refractivity contribution is 6.30. The van der Waals surface area contributed by atoms with E-state index < -0.39 is 0 Å². The van der Waals surface area contributed by atoms with Crippen LogP contribution >= 0.6 is 0 Å². The van der Waals surface area contributed by atoms with Gasteiger partial charge in [-0.15, -0.1) is 0 Å². The van der Waals surface area contributed by atoms with Crippen molar-refractivity contribution in [2.75, 3.05) is 11.9 Å². The molecule has 2 aliphatic carbocycles. The van der Waals surface area contributed by atoms with Crippen LogP contribution in [0.2, 0.25) is 0 Å². The zero-order valence-electron chi connectivity index (χ0n) is 17.5. The number of hydrogen-bond donors (Lipinski definition) is 2. The molecule has 0 aromatic heterocycles. The first-order valence-electron chi connectivity index (χ1n) is 11.2. The van der Waals surface area contributed by atoms with Gasteiger partial charge < -0.3 is 10.2 Å². The summed E-state index contributed by atoms with van der Waals surface area (Å²) in [6.07, 6.45) is 6.99. The predicted octanol–water partition coefficient (Wildman–Crippen LogP) is 3.35. The number of nitrogens with zero attached hydrogens (tertiary/aromatic N) is 1. The number of carbonyl (C=O) groups is 3. The lowest BCUT2D eigenvalue weighted by molar-refractivity contribution is -0.123. The van der Waals surface area contributed by atoms with Crippen molar-refractivity contribution in [2.24, 2.45) is 0 Å². The first-order chi connectivity index (χ1) is 15.2. The van der Waals surface area contributed by atoms with E-state index in [2.05, 4.69) is 10.6 Å². The molecule has 160 valence electrons. The lowest BCUT2D eigenvalue weighted by Crippen LogP contribution is -2.49. The second-order valence-corrected chi connectivity index (χ2v) is 8.75. The SMILES string of the molecule is O=CN(C1CCC(Nc2cccc3c2C(=O)c2ccccc2C3=O)CC1)[C@H]1CCCN1. The predicted molar refractivity (Wildman–Crippen MR) is 118 cm³/mol. The number of amides is 1. The molecule has 1 saturated heterocycles. The van der Waals surface area contributed by atoms with Gasteiger partial charge in [-0.3, -0.25) is 19.7 Å². The molecule has 6 heteroatoms. The van der Waals surface area contributed by atoms with Gasteiger partial charge in [0.05, 0.1) is 11.7 Å². The zero-order chi connectivity index (χ0) is 21.4. The van der Waals surface area contributed by atoms with Crippen molar-refractivity contribution >= 4 is 23.7 Å². The van der Waals surface area contributed by atoms with Gasteiger partial charge >= 0.3 is 0 Å². The number of hydrogen-bond acceptors (Lipinski definition) is 5. The Labute approximate surface area is 182 Å². The van der Waals surface area contributed by atoms with Crippen LogP contribution in [0.5, 0.6) is 0 Å². The minimum absolute atomic E-state index is 0.0942. The van der Waals surface area contributed by atoms with E-state index in [4.69, 9.17) is 0 Å². The Balaban J connectivity index is 1.32. The van der Waals surface area contributed by atoms with Crippen molar-refractivity contribution in [1.82, 2.24) is 10.2 Å². The van der Waals surface area contributed by atoms with E-state index in [-0.39, 0.29) is 29.8 Å². The summed E-state index contributed by atoms with van der Waals surface area (Å²) in [4.78, 5) is 39.8. The van der Waals surface area contributed by atoms with Crippen LogP contribution < -0.4 is 10.6 Å². The van der Waals surface area contributed by atoms with Crippen LogP contribution in [0.15, 0.2) is 42.5 Å². The number of ketones is 2. The Morgan fingerprint density at radius 3 is 2.26 bits per heavy atom. The maximum absolute atomic E-state index is 13.2. The second-order valence-electron chi connectivity index (χ2n) is 8.75. The third-order valence-electron chi connectivity index (χ3n) is 6.95. The van der Waals surface area contributed by atoms with Crippen LogP contribution in [-0.4, -0.2) is 47.7 Å². The molecular weight excluding hydrogens is 390 g/mol. The van der Waals surface area contributed by atoms with Gasteiger partial charge in [0.2, 0.25) is 6.41 Å². The van der Waals surface area contributed by atoms with Crippen molar-refractivity contribution in [3.8, 4) is 0 Å². The number of anilines is 1. The van der Waals surface area contributed by atoms with E-state index in [1.165, 1.54) is 0 Å². The van der Waals surface area contributed by atoms with Crippen molar-refractivity contribution in [3.05, 3.63) is 64.7 Å². The molecule has 2 aromatic carbocycles. The number of rotatable bonds is 5. The van der Waals surface area contributed by atoms with Gasteiger partial charge in [-0.2, -0.15) is 0 Å². The molecule has 1 aliphatic heterocycles. The van der Waals surface area contributed by atoms with Gasteiger partial charge in [-0.25, -0.2) is 0 Å². The summed E-state index contributed by atoms with van der Waals surface area (Å²) in [7, 11) is 0. The van der Waals surface area contributed by atoms with Crippen LogP contribution in [0.3, 0.4) is 0 Å². The van der Waals surface area contributed by atoms with Crippen molar-refractivity contribution in [3.63, 3.8) is 0 Å². The number of fused-ring (bicyclic) bond motifs is 2. The lowest BCUT2D eigenvalue weighted by atomic mass is 9.83. The smallest absolute Gasteiger partial charge is 0.211 e.